The molecule has 0 aliphatic rings. The monoisotopic (exact) mass is 268 g/mol. The molecule has 0 spiro atoms. The van der Waals surface area contributed by atoms with Gasteiger partial charge in [0.15, 0.2) is 0 Å². The fraction of sp³-hybridized carbons (Fsp3) is 0.800. The van der Waals surface area contributed by atoms with Gasteiger partial charge in [-0.15, -0.1) is 11.3 Å². The molecule has 1 aromatic heterocycles. The number of unbranched alkanes of at least 4 members (excludes halogenated alkanes) is 1. The molecule has 1 N–H and O–H groups in total. The summed E-state index contributed by atoms with van der Waals surface area (Å²) in [6.07, 6.45) is 3.56. The van der Waals surface area contributed by atoms with Crippen LogP contribution >= 0.6 is 11.3 Å². The van der Waals surface area contributed by atoms with Crippen LogP contribution in [0.4, 0.5) is 0 Å². The molecule has 104 valence electrons. The molecule has 18 heavy (non-hydrogen) atoms. The van der Waals surface area contributed by atoms with Gasteiger partial charge in [-0.3, -0.25) is 0 Å². The van der Waals surface area contributed by atoms with Crippen LogP contribution in [-0.2, 0) is 11.8 Å². The van der Waals surface area contributed by atoms with Crippen molar-refractivity contribution in [2.45, 2.75) is 71.8 Å². The van der Waals surface area contributed by atoms with Crippen molar-refractivity contribution in [3.8, 4) is 0 Å². The molecule has 0 fully saturated rings. The number of nitrogens with one attached hydrogen (secondary N) is 1. The Bertz CT molecular complexity index is 355. The van der Waals surface area contributed by atoms with Crippen LogP contribution in [0.25, 0.3) is 0 Å². The van der Waals surface area contributed by atoms with Crippen molar-refractivity contribution in [1.29, 1.82) is 0 Å². The Morgan fingerprint density at radius 1 is 1.11 bits per heavy atom. The van der Waals surface area contributed by atoms with Crippen LogP contribution < -0.4 is 5.32 Å². The highest BCUT2D eigenvalue weighted by atomic mass is 32.1. The zero-order valence-electron chi connectivity index (χ0n) is 12.8. The molecule has 3 heteroatoms. The number of aryl methyl sites for hydroxylation is 1. The van der Waals surface area contributed by atoms with Crippen molar-refractivity contribution in [1.82, 2.24) is 10.3 Å². The fourth-order valence-electron chi connectivity index (χ4n) is 1.63. The maximum Gasteiger partial charge on any atom is 0.0928 e. The fourth-order valence-corrected chi connectivity index (χ4v) is 2.70. The normalized spacial score (nSPS) is 13.0. The summed E-state index contributed by atoms with van der Waals surface area (Å²) in [5.41, 5.74) is 1.65. The molecule has 1 rings (SSSR count). The van der Waals surface area contributed by atoms with Crippen LogP contribution in [0.15, 0.2) is 5.38 Å². The van der Waals surface area contributed by atoms with E-state index in [2.05, 4.69) is 52.2 Å². The van der Waals surface area contributed by atoms with Crippen LogP contribution in [0.1, 0.15) is 65.1 Å². The summed E-state index contributed by atoms with van der Waals surface area (Å²) >= 11 is 1.81. The van der Waals surface area contributed by atoms with Crippen molar-refractivity contribution >= 4 is 11.3 Å². The third-order valence-electron chi connectivity index (χ3n) is 2.79. The average molecular weight is 268 g/mol. The minimum absolute atomic E-state index is 0.183. The molecule has 0 aliphatic carbocycles. The Balaban J connectivity index is 2.26. The molecule has 0 radical (unpaired) electrons. The van der Waals surface area contributed by atoms with Crippen LogP contribution in [0.3, 0.4) is 0 Å². The second kappa shape index (κ2) is 6.16. The lowest BCUT2D eigenvalue weighted by Crippen LogP contribution is -2.36. The minimum atomic E-state index is 0.183. The molecule has 0 aromatic carbocycles. The van der Waals surface area contributed by atoms with Crippen molar-refractivity contribution in [2.75, 3.05) is 6.54 Å². The van der Waals surface area contributed by atoms with Gasteiger partial charge < -0.3 is 5.32 Å². The van der Waals surface area contributed by atoms with E-state index in [-0.39, 0.29) is 11.0 Å². The van der Waals surface area contributed by atoms with Crippen LogP contribution in [0, 0.1) is 0 Å². The molecular formula is C15H28N2S. The summed E-state index contributed by atoms with van der Waals surface area (Å²) in [6.45, 7) is 14.4. The van der Waals surface area contributed by atoms with Gasteiger partial charge in [-0.2, -0.15) is 0 Å². The Morgan fingerprint density at radius 3 is 2.28 bits per heavy atom. The molecule has 0 aliphatic heterocycles. The summed E-state index contributed by atoms with van der Waals surface area (Å²) in [4.78, 5) is 4.73. The van der Waals surface area contributed by atoms with Crippen LogP contribution in [0.2, 0.25) is 0 Å². The highest BCUT2D eigenvalue weighted by Crippen LogP contribution is 2.24. The second-order valence-corrected chi connectivity index (χ2v) is 7.95. The van der Waals surface area contributed by atoms with E-state index < -0.39 is 0 Å². The molecule has 2 nitrogen and oxygen atoms in total. The molecule has 0 amide bonds. The number of rotatable bonds is 5. The highest BCUT2D eigenvalue weighted by Gasteiger charge is 2.17. The second-order valence-electron chi connectivity index (χ2n) is 7.01. The summed E-state index contributed by atoms with van der Waals surface area (Å²) < 4.78 is 0. The van der Waals surface area contributed by atoms with Crippen molar-refractivity contribution in [2.24, 2.45) is 0 Å². The van der Waals surface area contributed by atoms with Gasteiger partial charge in [-0.1, -0.05) is 20.8 Å². The number of hydrogen-bond donors (Lipinski definition) is 1. The SMILES string of the molecule is CC(C)(C)NCCCCc1nc(C(C)(C)C)cs1. The number of thiazole rings is 1. The topological polar surface area (TPSA) is 24.9 Å². The third-order valence-corrected chi connectivity index (χ3v) is 3.70. The Kier molecular flexibility index (Phi) is 5.35. The first-order valence-corrected chi connectivity index (χ1v) is 7.76. The van der Waals surface area contributed by atoms with Gasteiger partial charge in [-0.05, 0) is 46.6 Å². The zero-order chi connectivity index (χ0) is 13.8. The van der Waals surface area contributed by atoms with E-state index in [1.54, 1.807) is 0 Å². The zero-order valence-corrected chi connectivity index (χ0v) is 13.6. The molecule has 0 bridgehead atoms. The van der Waals surface area contributed by atoms with Gasteiger partial charge in [-0.25, -0.2) is 4.98 Å². The lowest BCUT2D eigenvalue weighted by molar-refractivity contribution is 0.419. The van der Waals surface area contributed by atoms with E-state index in [9.17, 15) is 0 Å². The first-order valence-electron chi connectivity index (χ1n) is 6.88. The molecule has 0 atom stereocenters. The lowest BCUT2D eigenvalue weighted by atomic mass is 9.93. The number of aromatic nitrogens is 1. The Labute approximate surface area is 116 Å². The van der Waals surface area contributed by atoms with Crippen molar-refractivity contribution < 1.29 is 0 Å². The molecule has 1 heterocycles. The van der Waals surface area contributed by atoms with Gasteiger partial charge in [0.2, 0.25) is 0 Å². The van der Waals surface area contributed by atoms with E-state index in [4.69, 9.17) is 4.98 Å². The Hall–Kier alpha value is -0.410. The predicted octanol–water partition coefficient (Wildman–Crippen LogP) is 4.15. The summed E-state index contributed by atoms with van der Waals surface area (Å²) in [7, 11) is 0. The van der Waals surface area contributed by atoms with E-state index in [0.717, 1.165) is 13.0 Å². The molecule has 0 saturated heterocycles. The van der Waals surface area contributed by atoms with E-state index in [1.165, 1.54) is 23.5 Å². The summed E-state index contributed by atoms with van der Waals surface area (Å²) in [5, 5.41) is 7.02. The van der Waals surface area contributed by atoms with E-state index in [1.807, 2.05) is 11.3 Å². The quantitative estimate of drug-likeness (QED) is 0.811. The van der Waals surface area contributed by atoms with Gasteiger partial charge in [0.05, 0.1) is 10.7 Å². The van der Waals surface area contributed by atoms with Crippen molar-refractivity contribution in [3.05, 3.63) is 16.1 Å². The summed E-state index contributed by atoms with van der Waals surface area (Å²) in [6, 6.07) is 0. The predicted molar refractivity (Wildman–Crippen MR) is 81.5 cm³/mol. The smallest absolute Gasteiger partial charge is 0.0928 e. The number of nitrogens with zero attached hydrogens (tertiary/aromatic N) is 1. The van der Waals surface area contributed by atoms with Crippen LogP contribution in [0.5, 0.6) is 0 Å². The number of hydrogen-bond acceptors (Lipinski definition) is 3. The maximum absolute atomic E-state index is 4.73. The Morgan fingerprint density at radius 2 is 1.78 bits per heavy atom. The van der Waals surface area contributed by atoms with Gasteiger partial charge in [0.25, 0.3) is 0 Å². The molecular weight excluding hydrogens is 240 g/mol. The lowest BCUT2D eigenvalue weighted by Gasteiger charge is -2.20. The molecule has 0 saturated carbocycles. The first kappa shape index (κ1) is 15.6. The van der Waals surface area contributed by atoms with E-state index >= 15 is 0 Å². The minimum Gasteiger partial charge on any atom is -0.312 e. The largest absolute Gasteiger partial charge is 0.312 e. The standard InChI is InChI=1S/C15H28N2S/c1-14(2,3)12-11-18-13(17-12)9-7-8-10-16-15(4,5)6/h11,16H,7-10H2,1-6H3. The summed E-state index contributed by atoms with van der Waals surface area (Å²) in [5.74, 6) is 0. The molecule has 0 unspecified atom stereocenters. The van der Waals surface area contributed by atoms with Crippen molar-refractivity contribution in [3.63, 3.8) is 0 Å². The highest BCUT2D eigenvalue weighted by molar-refractivity contribution is 7.09. The van der Waals surface area contributed by atoms with Gasteiger partial charge in [0.1, 0.15) is 0 Å². The third kappa shape index (κ3) is 5.96. The first-order chi connectivity index (χ1) is 8.18. The van der Waals surface area contributed by atoms with Gasteiger partial charge >= 0.3 is 0 Å². The van der Waals surface area contributed by atoms with E-state index in [0.29, 0.717) is 0 Å². The maximum atomic E-state index is 4.73. The van der Waals surface area contributed by atoms with Gasteiger partial charge in [0, 0.05) is 16.3 Å². The van der Waals surface area contributed by atoms with Crippen LogP contribution in [-0.4, -0.2) is 17.1 Å². The molecule has 1 aromatic rings. The average Bonchev–Trinajstić information content (AvgIpc) is 2.63.